The summed E-state index contributed by atoms with van der Waals surface area (Å²) in [6.07, 6.45) is 2.26. The third kappa shape index (κ3) is 4.06. The molecule has 29 heavy (non-hydrogen) atoms. The summed E-state index contributed by atoms with van der Waals surface area (Å²) in [4.78, 5) is 18.8. The standard InChI is InChI=1S/C22H23N3O3S/c26-21(23-16-7-8-18-19(12-16)28-11-10-27-18)14-25-9-3-4-15(13-25)22-24-17-5-1-2-6-20(17)29-22/h1-2,5-8,12,15H,3-4,9-11,13-14H2,(H,23,26)/p+1/t15-/m0/s1. The van der Waals surface area contributed by atoms with Gasteiger partial charge in [0.1, 0.15) is 18.2 Å². The van der Waals surface area contributed by atoms with Gasteiger partial charge in [-0.3, -0.25) is 4.79 Å². The zero-order valence-electron chi connectivity index (χ0n) is 16.1. The lowest BCUT2D eigenvalue weighted by Crippen LogP contribution is -3.14. The lowest BCUT2D eigenvalue weighted by molar-refractivity contribution is -0.898. The van der Waals surface area contributed by atoms with E-state index in [1.165, 1.54) is 14.6 Å². The quantitative estimate of drug-likeness (QED) is 0.694. The van der Waals surface area contributed by atoms with Crippen molar-refractivity contribution >= 4 is 33.1 Å². The molecule has 1 unspecified atom stereocenters. The zero-order valence-corrected chi connectivity index (χ0v) is 17.0. The van der Waals surface area contributed by atoms with Gasteiger partial charge in [-0.1, -0.05) is 12.1 Å². The molecule has 2 aliphatic rings. The first-order chi connectivity index (χ1) is 14.2. The molecule has 1 saturated heterocycles. The molecule has 6 nitrogen and oxygen atoms in total. The summed E-state index contributed by atoms with van der Waals surface area (Å²) < 4.78 is 12.4. The molecule has 0 bridgehead atoms. The van der Waals surface area contributed by atoms with E-state index in [4.69, 9.17) is 14.5 Å². The molecule has 0 saturated carbocycles. The smallest absolute Gasteiger partial charge is 0.279 e. The number of carbonyl (C=O) groups excluding carboxylic acids is 1. The van der Waals surface area contributed by atoms with Crippen molar-refractivity contribution in [3.63, 3.8) is 0 Å². The molecular weight excluding hydrogens is 386 g/mol. The van der Waals surface area contributed by atoms with Crippen LogP contribution in [0.5, 0.6) is 11.5 Å². The number of benzene rings is 2. The van der Waals surface area contributed by atoms with Gasteiger partial charge in [0.05, 0.1) is 29.2 Å². The van der Waals surface area contributed by atoms with Crippen molar-refractivity contribution < 1.29 is 19.2 Å². The average Bonchev–Trinajstić information content (AvgIpc) is 3.18. The van der Waals surface area contributed by atoms with Crippen LogP contribution in [-0.2, 0) is 4.79 Å². The lowest BCUT2D eigenvalue weighted by Gasteiger charge is -2.28. The minimum atomic E-state index is 0.0293. The maximum absolute atomic E-state index is 12.6. The van der Waals surface area contributed by atoms with E-state index in [1.54, 1.807) is 11.3 Å². The van der Waals surface area contributed by atoms with Crippen molar-refractivity contribution in [3.8, 4) is 11.5 Å². The van der Waals surface area contributed by atoms with E-state index in [0.717, 1.165) is 42.9 Å². The molecule has 1 fully saturated rings. The minimum absolute atomic E-state index is 0.0293. The van der Waals surface area contributed by atoms with Crippen LogP contribution < -0.4 is 19.7 Å². The van der Waals surface area contributed by atoms with Crippen molar-refractivity contribution in [2.75, 3.05) is 38.2 Å². The number of likely N-dealkylation sites (tertiary alicyclic amines) is 1. The molecule has 2 atom stereocenters. The van der Waals surface area contributed by atoms with Gasteiger partial charge in [-0.25, -0.2) is 4.98 Å². The summed E-state index contributed by atoms with van der Waals surface area (Å²) in [5.41, 5.74) is 1.83. The van der Waals surface area contributed by atoms with Crippen LogP contribution in [0.25, 0.3) is 10.2 Å². The number of nitrogens with zero attached hydrogens (tertiary/aromatic N) is 1. The molecule has 5 rings (SSSR count). The number of para-hydroxylation sites is 1. The Morgan fingerprint density at radius 1 is 1.17 bits per heavy atom. The molecular formula is C22H24N3O3S+. The summed E-state index contributed by atoms with van der Waals surface area (Å²) in [6, 6.07) is 13.8. The number of ether oxygens (including phenoxy) is 2. The van der Waals surface area contributed by atoms with Crippen LogP contribution in [-0.4, -0.2) is 43.7 Å². The molecule has 150 valence electrons. The highest BCUT2D eigenvalue weighted by Crippen LogP contribution is 2.32. The summed E-state index contributed by atoms with van der Waals surface area (Å²) in [5.74, 6) is 1.88. The number of fused-ring (bicyclic) bond motifs is 2. The monoisotopic (exact) mass is 410 g/mol. The molecule has 0 spiro atoms. The van der Waals surface area contributed by atoms with Crippen molar-refractivity contribution in [1.82, 2.24) is 4.98 Å². The second kappa shape index (κ2) is 8.00. The number of carbonyl (C=O) groups is 1. The Kier molecular flexibility index (Phi) is 5.08. The highest BCUT2D eigenvalue weighted by Gasteiger charge is 2.28. The Morgan fingerprint density at radius 2 is 2.03 bits per heavy atom. The number of hydrogen-bond donors (Lipinski definition) is 2. The van der Waals surface area contributed by atoms with E-state index in [9.17, 15) is 4.79 Å². The normalized spacial score (nSPS) is 21.1. The fourth-order valence-corrected chi connectivity index (χ4v) is 5.24. The summed E-state index contributed by atoms with van der Waals surface area (Å²) in [5, 5.41) is 4.21. The highest BCUT2D eigenvalue weighted by atomic mass is 32.1. The van der Waals surface area contributed by atoms with E-state index >= 15 is 0 Å². The van der Waals surface area contributed by atoms with Crippen molar-refractivity contribution in [3.05, 3.63) is 47.5 Å². The van der Waals surface area contributed by atoms with Gasteiger partial charge in [-0.2, -0.15) is 0 Å². The molecule has 2 aromatic carbocycles. The van der Waals surface area contributed by atoms with E-state index in [-0.39, 0.29) is 5.91 Å². The number of hydrogen-bond acceptors (Lipinski definition) is 5. The van der Waals surface area contributed by atoms with Gasteiger partial charge < -0.3 is 19.7 Å². The highest BCUT2D eigenvalue weighted by molar-refractivity contribution is 7.18. The second-order valence-electron chi connectivity index (χ2n) is 7.65. The van der Waals surface area contributed by atoms with Crippen LogP contribution in [0.1, 0.15) is 23.8 Å². The summed E-state index contributed by atoms with van der Waals surface area (Å²) in [7, 11) is 0. The van der Waals surface area contributed by atoms with Crippen LogP contribution in [0, 0.1) is 0 Å². The Morgan fingerprint density at radius 3 is 2.93 bits per heavy atom. The SMILES string of the molecule is O=C(C[NH+]1CCC[C@H](c2nc3ccccc3s2)C1)Nc1ccc2c(c1)OCCO2. The van der Waals surface area contributed by atoms with Crippen LogP contribution in [0.15, 0.2) is 42.5 Å². The molecule has 0 radical (unpaired) electrons. The summed E-state index contributed by atoms with van der Waals surface area (Å²) >= 11 is 1.79. The Balaban J connectivity index is 1.21. The van der Waals surface area contributed by atoms with Gasteiger partial charge >= 0.3 is 0 Å². The van der Waals surface area contributed by atoms with Crippen molar-refractivity contribution in [2.24, 2.45) is 0 Å². The van der Waals surface area contributed by atoms with E-state index in [2.05, 4.69) is 23.5 Å². The number of rotatable bonds is 4. The first-order valence-electron chi connectivity index (χ1n) is 10.1. The van der Waals surface area contributed by atoms with Crippen LogP contribution in [0.2, 0.25) is 0 Å². The van der Waals surface area contributed by atoms with Crippen LogP contribution >= 0.6 is 11.3 Å². The molecule has 3 heterocycles. The summed E-state index contributed by atoms with van der Waals surface area (Å²) in [6.45, 7) is 3.54. The first-order valence-corrected chi connectivity index (χ1v) is 10.9. The Hall–Kier alpha value is -2.64. The van der Waals surface area contributed by atoms with Crippen LogP contribution in [0.4, 0.5) is 5.69 Å². The zero-order chi connectivity index (χ0) is 19.6. The third-order valence-corrected chi connectivity index (χ3v) is 6.71. The third-order valence-electron chi connectivity index (χ3n) is 5.51. The average molecular weight is 411 g/mol. The molecule has 1 aromatic heterocycles. The van der Waals surface area contributed by atoms with Gasteiger partial charge in [0.15, 0.2) is 18.0 Å². The fraction of sp³-hybridized carbons (Fsp3) is 0.364. The largest absolute Gasteiger partial charge is 0.486 e. The van der Waals surface area contributed by atoms with Crippen LogP contribution in [0.3, 0.4) is 0 Å². The predicted molar refractivity (Wildman–Crippen MR) is 113 cm³/mol. The fourth-order valence-electron chi connectivity index (χ4n) is 4.14. The maximum Gasteiger partial charge on any atom is 0.279 e. The predicted octanol–water partition coefficient (Wildman–Crippen LogP) is 2.47. The molecule has 2 N–H and O–H groups in total. The Bertz CT molecular complexity index is 1000. The number of amides is 1. The lowest BCUT2D eigenvalue weighted by atomic mass is 9.99. The van der Waals surface area contributed by atoms with Gasteiger partial charge in [-0.15, -0.1) is 11.3 Å². The number of quaternary nitrogens is 1. The minimum Gasteiger partial charge on any atom is -0.486 e. The van der Waals surface area contributed by atoms with Gasteiger partial charge in [0.2, 0.25) is 0 Å². The number of anilines is 1. The van der Waals surface area contributed by atoms with E-state index in [0.29, 0.717) is 31.4 Å². The van der Waals surface area contributed by atoms with Gasteiger partial charge in [-0.05, 0) is 37.1 Å². The van der Waals surface area contributed by atoms with E-state index in [1.807, 2.05) is 24.3 Å². The van der Waals surface area contributed by atoms with Gasteiger partial charge in [0, 0.05) is 11.8 Å². The maximum atomic E-state index is 12.6. The molecule has 0 aliphatic carbocycles. The number of piperidine rings is 1. The molecule has 2 aliphatic heterocycles. The Labute approximate surface area is 173 Å². The number of aromatic nitrogens is 1. The number of thiazole rings is 1. The number of nitrogens with one attached hydrogen (secondary N) is 2. The topological polar surface area (TPSA) is 64.9 Å². The second-order valence-corrected chi connectivity index (χ2v) is 8.71. The van der Waals surface area contributed by atoms with E-state index < -0.39 is 0 Å². The molecule has 7 heteroatoms. The first kappa shape index (κ1) is 18.4. The molecule has 1 amide bonds. The molecule has 3 aromatic rings. The van der Waals surface area contributed by atoms with Crippen molar-refractivity contribution in [1.29, 1.82) is 0 Å². The van der Waals surface area contributed by atoms with Gasteiger partial charge in [0.25, 0.3) is 5.91 Å². The van der Waals surface area contributed by atoms with Crippen molar-refractivity contribution in [2.45, 2.75) is 18.8 Å².